The van der Waals surface area contributed by atoms with Gasteiger partial charge in [-0.15, -0.1) is 0 Å². The van der Waals surface area contributed by atoms with E-state index in [1.54, 1.807) is 37.3 Å². The summed E-state index contributed by atoms with van der Waals surface area (Å²) in [7, 11) is 0. The Kier molecular flexibility index (Phi) is 16.7. The van der Waals surface area contributed by atoms with Crippen LogP contribution in [-0.4, -0.2) is 71.1 Å². The molecule has 2 aliphatic rings. The Hall–Kier alpha value is -5.07. The first-order valence-electron chi connectivity index (χ1n) is 19.4. The Bertz CT molecular complexity index is 1610. The summed E-state index contributed by atoms with van der Waals surface area (Å²) in [5, 5.41) is 22.8. The van der Waals surface area contributed by atoms with Crippen LogP contribution in [0.2, 0.25) is 0 Å². The van der Waals surface area contributed by atoms with Crippen LogP contribution in [0.25, 0.3) is 0 Å². The number of fused-ring (bicyclic) bond motifs is 2. The predicted octanol–water partition coefficient (Wildman–Crippen LogP) is 3.59. The van der Waals surface area contributed by atoms with Crippen molar-refractivity contribution >= 4 is 41.3 Å². The lowest BCUT2D eigenvalue weighted by molar-refractivity contribution is -0.142. The van der Waals surface area contributed by atoms with Crippen LogP contribution in [0.3, 0.4) is 0 Å². The van der Waals surface area contributed by atoms with Gasteiger partial charge < -0.3 is 31.7 Å². The van der Waals surface area contributed by atoms with E-state index in [4.69, 9.17) is 0 Å². The molecule has 1 saturated carbocycles. The van der Waals surface area contributed by atoms with Crippen LogP contribution in [0.4, 0.5) is 0 Å². The quantitative estimate of drug-likeness (QED) is 0.177. The SMILES string of the molecule is CCCC(NC(=O)C1Cc2cccc(c2)CCCCCCCC(=O)NC(C2CCCCC2)C(=O)N1)C(=O)C(=O)NCC(=O)N[C@H](C(=O)O)c1ccccc1. The molecule has 2 aromatic rings. The molecule has 13 heteroatoms. The molecule has 13 nitrogen and oxygen atoms in total. The van der Waals surface area contributed by atoms with E-state index in [1.807, 2.05) is 24.3 Å². The van der Waals surface area contributed by atoms with Crippen molar-refractivity contribution in [2.24, 2.45) is 5.92 Å². The standard InChI is InChI=1S/C41H55N5O8/c1-2-15-31(37(49)40(52)42-26-34(48)46-36(41(53)54)30-21-11-7-12-22-30)43-38(50)32-25-28-18-14-17-27(24-28)16-8-4-3-5-13-23-33(47)45-35(39(51)44-32)29-19-9-6-10-20-29/h7,11-12,14,17-18,21-22,24,29,31-32,35-36H,2-6,8-10,13,15-16,19-20,23,25-26H2,1H3,(H,42,52)(H,43,50)(H,44,51)(H,45,47)(H,46,48)(H,53,54)/t31?,32?,35?,36-/m0/s1. The lowest BCUT2D eigenvalue weighted by atomic mass is 9.83. The molecule has 292 valence electrons. The van der Waals surface area contributed by atoms with E-state index in [-0.39, 0.29) is 24.7 Å². The highest BCUT2D eigenvalue weighted by Crippen LogP contribution is 2.27. The summed E-state index contributed by atoms with van der Waals surface area (Å²) in [6.45, 7) is 1.12. The number of Topliss-reactive ketones (excluding diaryl/α,β-unsaturated/α-hetero) is 1. The van der Waals surface area contributed by atoms with Crippen molar-refractivity contribution < 1.29 is 38.7 Å². The molecular weight excluding hydrogens is 690 g/mol. The lowest BCUT2D eigenvalue weighted by Gasteiger charge is -2.31. The van der Waals surface area contributed by atoms with Crippen molar-refractivity contribution in [1.82, 2.24) is 26.6 Å². The zero-order chi connectivity index (χ0) is 38.9. The minimum absolute atomic E-state index is 0.0781. The van der Waals surface area contributed by atoms with E-state index in [9.17, 15) is 38.7 Å². The molecule has 0 saturated heterocycles. The van der Waals surface area contributed by atoms with Crippen molar-refractivity contribution in [3.05, 3.63) is 71.3 Å². The Morgan fingerprint density at radius 1 is 0.796 bits per heavy atom. The second-order valence-electron chi connectivity index (χ2n) is 14.4. The summed E-state index contributed by atoms with van der Waals surface area (Å²) in [5.74, 6) is -5.63. The molecule has 4 atom stereocenters. The molecule has 5 amide bonds. The van der Waals surface area contributed by atoms with Crippen molar-refractivity contribution in [1.29, 1.82) is 0 Å². The number of aryl methyl sites for hydroxylation is 1. The maximum Gasteiger partial charge on any atom is 0.330 e. The van der Waals surface area contributed by atoms with Crippen LogP contribution in [0.15, 0.2) is 54.6 Å². The highest BCUT2D eigenvalue weighted by molar-refractivity contribution is 6.38. The molecule has 3 unspecified atom stereocenters. The average Bonchev–Trinajstić information content (AvgIpc) is 3.17. The van der Waals surface area contributed by atoms with Crippen LogP contribution in [0.5, 0.6) is 0 Å². The van der Waals surface area contributed by atoms with Crippen molar-refractivity contribution in [3.8, 4) is 0 Å². The van der Waals surface area contributed by atoms with Crippen LogP contribution in [-0.2, 0) is 46.4 Å². The number of aliphatic carboxylic acids is 1. The number of hydrogen-bond donors (Lipinski definition) is 6. The fourth-order valence-electron chi connectivity index (χ4n) is 7.26. The molecule has 4 rings (SSSR count). The smallest absolute Gasteiger partial charge is 0.330 e. The normalized spacial score (nSPS) is 20.2. The molecule has 0 spiro atoms. The fraction of sp³-hybridized carbons (Fsp3) is 0.537. The van der Waals surface area contributed by atoms with Crippen molar-refractivity contribution in [2.45, 2.75) is 127 Å². The zero-order valence-electron chi connectivity index (χ0n) is 31.2. The number of carboxylic acid groups (broad SMARTS) is 1. The topological polar surface area (TPSA) is 200 Å². The van der Waals surface area contributed by atoms with Crippen LogP contribution in [0, 0.1) is 5.92 Å². The van der Waals surface area contributed by atoms with Gasteiger partial charge in [0.25, 0.3) is 5.91 Å². The molecule has 0 aromatic heterocycles. The van der Waals surface area contributed by atoms with E-state index in [0.717, 1.165) is 81.8 Å². The van der Waals surface area contributed by atoms with Crippen LogP contribution < -0.4 is 26.6 Å². The van der Waals surface area contributed by atoms with Gasteiger partial charge in [0.1, 0.15) is 12.1 Å². The average molecular weight is 746 g/mol. The Morgan fingerprint density at radius 2 is 1.46 bits per heavy atom. The third-order valence-electron chi connectivity index (χ3n) is 10.2. The molecule has 2 bridgehead atoms. The van der Waals surface area contributed by atoms with Crippen LogP contribution in [0.1, 0.15) is 113 Å². The molecule has 0 radical (unpaired) electrons. The van der Waals surface area contributed by atoms with E-state index in [0.29, 0.717) is 18.4 Å². The number of carbonyl (C=O) groups is 7. The van der Waals surface area contributed by atoms with Crippen molar-refractivity contribution in [2.75, 3.05) is 6.54 Å². The second-order valence-corrected chi connectivity index (χ2v) is 14.4. The molecule has 1 fully saturated rings. The maximum atomic E-state index is 14.1. The number of carboxylic acids is 1. The third-order valence-corrected chi connectivity index (χ3v) is 10.2. The molecular formula is C41H55N5O8. The Morgan fingerprint density at radius 3 is 2.17 bits per heavy atom. The van der Waals surface area contributed by atoms with Gasteiger partial charge in [0.15, 0.2) is 6.04 Å². The minimum atomic E-state index is -1.36. The first kappa shape index (κ1) is 41.7. The van der Waals surface area contributed by atoms with Gasteiger partial charge in [-0.2, -0.15) is 0 Å². The van der Waals surface area contributed by atoms with E-state index >= 15 is 0 Å². The molecule has 6 N–H and O–H groups in total. The van der Waals surface area contributed by atoms with Gasteiger partial charge in [0.05, 0.1) is 12.6 Å². The second kappa shape index (κ2) is 21.6. The molecule has 1 aliphatic heterocycles. The van der Waals surface area contributed by atoms with E-state index in [1.165, 1.54) is 0 Å². The van der Waals surface area contributed by atoms with Gasteiger partial charge in [-0.05, 0) is 61.1 Å². The largest absolute Gasteiger partial charge is 0.479 e. The number of hydrogen-bond acceptors (Lipinski definition) is 7. The third kappa shape index (κ3) is 13.1. The number of amides is 5. The van der Waals surface area contributed by atoms with E-state index < -0.39 is 66.1 Å². The Labute approximate surface area is 317 Å². The predicted molar refractivity (Wildman–Crippen MR) is 202 cm³/mol. The summed E-state index contributed by atoms with van der Waals surface area (Å²) >= 11 is 0. The lowest BCUT2D eigenvalue weighted by Crippen LogP contribution is -2.59. The van der Waals surface area contributed by atoms with Gasteiger partial charge >= 0.3 is 5.97 Å². The number of carbonyl (C=O) groups excluding carboxylic acids is 6. The molecule has 2 aromatic carbocycles. The molecule has 1 aliphatic carbocycles. The number of rotatable bonds is 12. The highest BCUT2D eigenvalue weighted by atomic mass is 16.4. The van der Waals surface area contributed by atoms with Gasteiger partial charge in [-0.3, -0.25) is 28.8 Å². The first-order valence-corrected chi connectivity index (χ1v) is 19.4. The number of benzene rings is 2. The maximum absolute atomic E-state index is 14.1. The van der Waals surface area contributed by atoms with Gasteiger partial charge in [0, 0.05) is 12.8 Å². The fourth-order valence-corrected chi connectivity index (χ4v) is 7.26. The van der Waals surface area contributed by atoms with Crippen molar-refractivity contribution in [3.63, 3.8) is 0 Å². The van der Waals surface area contributed by atoms with Gasteiger partial charge in [-0.1, -0.05) is 106 Å². The minimum Gasteiger partial charge on any atom is -0.479 e. The molecule has 1 heterocycles. The summed E-state index contributed by atoms with van der Waals surface area (Å²) < 4.78 is 0. The molecule has 54 heavy (non-hydrogen) atoms. The number of ketones is 1. The van der Waals surface area contributed by atoms with E-state index in [2.05, 4.69) is 26.6 Å². The number of nitrogens with one attached hydrogen (secondary N) is 5. The summed E-state index contributed by atoms with van der Waals surface area (Å²) in [6, 6.07) is 11.3. The monoisotopic (exact) mass is 745 g/mol. The first-order chi connectivity index (χ1) is 26.0. The van der Waals surface area contributed by atoms with Crippen LogP contribution >= 0.6 is 0 Å². The van der Waals surface area contributed by atoms with Gasteiger partial charge in [0.2, 0.25) is 29.4 Å². The highest BCUT2D eigenvalue weighted by Gasteiger charge is 2.35. The Balaban J connectivity index is 1.50. The summed E-state index contributed by atoms with van der Waals surface area (Å²) in [6.07, 6.45) is 11.0. The van der Waals surface area contributed by atoms with Gasteiger partial charge in [-0.25, -0.2) is 4.79 Å². The summed E-state index contributed by atoms with van der Waals surface area (Å²) in [4.78, 5) is 92.0. The summed E-state index contributed by atoms with van der Waals surface area (Å²) in [5.41, 5.74) is 2.25. The zero-order valence-corrected chi connectivity index (χ0v) is 31.2.